The molecule has 5 heteroatoms. The Morgan fingerprint density at radius 3 is 2.45 bits per heavy atom. The van der Waals surface area contributed by atoms with E-state index in [-0.39, 0.29) is 11.8 Å². The van der Waals surface area contributed by atoms with Gasteiger partial charge in [-0.25, -0.2) is 4.39 Å². The van der Waals surface area contributed by atoms with Crippen LogP contribution in [0.15, 0.2) is 40.9 Å². The molecule has 0 aliphatic rings. The van der Waals surface area contributed by atoms with Gasteiger partial charge in [-0.1, -0.05) is 22.0 Å². The first-order valence-corrected chi connectivity index (χ1v) is 6.87. The molecule has 0 spiro atoms. The Hall–Kier alpha value is -1.59. The lowest BCUT2D eigenvalue weighted by Gasteiger charge is -2.17. The van der Waals surface area contributed by atoms with Crippen molar-refractivity contribution in [2.24, 2.45) is 5.73 Å². The molecule has 0 aliphatic carbocycles. The van der Waals surface area contributed by atoms with Gasteiger partial charge in [0.25, 0.3) is 0 Å². The quantitative estimate of drug-likeness (QED) is 0.897. The molecule has 0 fully saturated rings. The first kappa shape index (κ1) is 14.8. The van der Waals surface area contributed by atoms with Crippen molar-refractivity contribution in [1.29, 1.82) is 0 Å². The molecule has 0 heterocycles. The van der Waals surface area contributed by atoms with Gasteiger partial charge in [0.1, 0.15) is 11.5 Å². The minimum Gasteiger partial charge on any atom is -0.496 e. The van der Waals surface area contributed by atoms with Gasteiger partial charge in [-0.3, -0.25) is 0 Å². The molecule has 1 unspecified atom stereocenters. The second kappa shape index (κ2) is 6.24. The fourth-order valence-electron chi connectivity index (χ4n) is 1.92. The maximum atomic E-state index is 13.8. The maximum absolute atomic E-state index is 13.8. The van der Waals surface area contributed by atoms with Crippen LogP contribution in [0, 0.1) is 5.82 Å². The molecule has 106 valence electrons. The van der Waals surface area contributed by atoms with Crippen LogP contribution >= 0.6 is 15.9 Å². The fourth-order valence-corrected chi connectivity index (χ4v) is 2.25. The minimum atomic E-state index is -0.446. The second-order valence-electron chi connectivity index (χ2n) is 4.34. The summed E-state index contributed by atoms with van der Waals surface area (Å²) in [5.41, 5.74) is 6.65. The molecule has 2 N–H and O–H groups in total. The molecule has 0 saturated carbocycles. The van der Waals surface area contributed by atoms with Gasteiger partial charge >= 0.3 is 0 Å². The largest absolute Gasteiger partial charge is 0.496 e. The van der Waals surface area contributed by atoms with Crippen LogP contribution < -0.4 is 15.2 Å². The van der Waals surface area contributed by atoms with Crippen LogP contribution in [0.2, 0.25) is 0 Å². The Labute approximate surface area is 125 Å². The van der Waals surface area contributed by atoms with E-state index in [1.54, 1.807) is 37.4 Å². The SMILES string of the molecule is COc1cccc(Oc2ccc(Br)cc2F)c1C(C)N. The first-order chi connectivity index (χ1) is 9.52. The molecule has 1 atom stereocenters. The Bertz CT molecular complexity index is 617. The van der Waals surface area contributed by atoms with E-state index in [1.807, 2.05) is 6.92 Å². The molecule has 0 radical (unpaired) electrons. The van der Waals surface area contributed by atoms with Crippen molar-refractivity contribution < 1.29 is 13.9 Å². The highest BCUT2D eigenvalue weighted by molar-refractivity contribution is 9.10. The lowest BCUT2D eigenvalue weighted by molar-refractivity contribution is 0.393. The molecule has 2 aromatic rings. The molecular formula is C15H15BrFNO2. The number of ether oxygens (including phenoxy) is 2. The smallest absolute Gasteiger partial charge is 0.166 e. The Kier molecular flexibility index (Phi) is 4.62. The normalized spacial score (nSPS) is 12.1. The van der Waals surface area contributed by atoms with Crippen LogP contribution in [0.25, 0.3) is 0 Å². The number of hydrogen-bond acceptors (Lipinski definition) is 3. The number of hydrogen-bond donors (Lipinski definition) is 1. The van der Waals surface area contributed by atoms with Crippen LogP contribution in [0.4, 0.5) is 4.39 Å². The van der Waals surface area contributed by atoms with Gasteiger partial charge in [0, 0.05) is 10.5 Å². The lowest BCUT2D eigenvalue weighted by Crippen LogP contribution is -2.09. The summed E-state index contributed by atoms with van der Waals surface area (Å²) >= 11 is 3.21. The van der Waals surface area contributed by atoms with Crippen LogP contribution in [0.5, 0.6) is 17.2 Å². The zero-order valence-corrected chi connectivity index (χ0v) is 12.8. The second-order valence-corrected chi connectivity index (χ2v) is 5.25. The van der Waals surface area contributed by atoms with Crippen molar-refractivity contribution in [2.75, 3.05) is 7.11 Å². The van der Waals surface area contributed by atoms with E-state index < -0.39 is 5.82 Å². The predicted octanol–water partition coefficient (Wildman–Crippen LogP) is 4.41. The van der Waals surface area contributed by atoms with Gasteiger partial charge in [-0.2, -0.15) is 0 Å². The van der Waals surface area contributed by atoms with E-state index in [4.69, 9.17) is 15.2 Å². The molecule has 0 saturated heterocycles. The van der Waals surface area contributed by atoms with E-state index in [2.05, 4.69) is 15.9 Å². The summed E-state index contributed by atoms with van der Waals surface area (Å²) in [5.74, 6) is 0.803. The molecule has 20 heavy (non-hydrogen) atoms. The van der Waals surface area contributed by atoms with Gasteiger partial charge in [-0.15, -0.1) is 0 Å². The molecule has 3 nitrogen and oxygen atoms in total. The van der Waals surface area contributed by atoms with Crippen LogP contribution in [-0.2, 0) is 0 Å². The van der Waals surface area contributed by atoms with Gasteiger partial charge in [-0.05, 0) is 37.3 Å². The predicted molar refractivity (Wildman–Crippen MR) is 79.8 cm³/mol. The van der Waals surface area contributed by atoms with Crippen molar-refractivity contribution in [1.82, 2.24) is 0 Å². The van der Waals surface area contributed by atoms with E-state index in [9.17, 15) is 4.39 Å². The summed E-state index contributed by atoms with van der Waals surface area (Å²) in [7, 11) is 1.56. The number of rotatable bonds is 4. The first-order valence-electron chi connectivity index (χ1n) is 6.08. The van der Waals surface area contributed by atoms with E-state index in [0.29, 0.717) is 21.5 Å². The Morgan fingerprint density at radius 2 is 1.85 bits per heavy atom. The van der Waals surface area contributed by atoms with Gasteiger partial charge < -0.3 is 15.2 Å². The highest BCUT2D eigenvalue weighted by atomic mass is 79.9. The number of halogens is 2. The average Bonchev–Trinajstić information content (AvgIpc) is 2.41. The van der Waals surface area contributed by atoms with Crippen molar-refractivity contribution in [3.8, 4) is 17.2 Å². The zero-order valence-electron chi connectivity index (χ0n) is 11.2. The summed E-state index contributed by atoms with van der Waals surface area (Å²) in [6, 6.07) is 9.64. The summed E-state index contributed by atoms with van der Waals surface area (Å²) < 4.78 is 25.4. The van der Waals surface area contributed by atoms with Crippen LogP contribution in [0.3, 0.4) is 0 Å². The Morgan fingerprint density at radius 1 is 1.15 bits per heavy atom. The monoisotopic (exact) mass is 339 g/mol. The topological polar surface area (TPSA) is 44.5 Å². The van der Waals surface area contributed by atoms with Crippen molar-refractivity contribution >= 4 is 15.9 Å². The standard InChI is InChI=1S/C15H15BrFNO2/c1-9(18)15-13(19-2)4-3-5-14(15)20-12-7-6-10(16)8-11(12)17/h3-9H,18H2,1-2H3. The highest BCUT2D eigenvalue weighted by Gasteiger charge is 2.16. The average molecular weight is 340 g/mol. The van der Waals surface area contributed by atoms with Gasteiger partial charge in [0.15, 0.2) is 11.6 Å². The van der Waals surface area contributed by atoms with Crippen molar-refractivity contribution in [3.63, 3.8) is 0 Å². The highest BCUT2D eigenvalue weighted by Crippen LogP contribution is 2.36. The zero-order chi connectivity index (χ0) is 14.7. The molecule has 0 bridgehead atoms. The Balaban J connectivity index is 2.43. The molecular weight excluding hydrogens is 325 g/mol. The molecule has 2 rings (SSSR count). The third-order valence-electron chi connectivity index (χ3n) is 2.82. The summed E-state index contributed by atoms with van der Waals surface area (Å²) in [5, 5.41) is 0. The fraction of sp³-hybridized carbons (Fsp3) is 0.200. The van der Waals surface area contributed by atoms with Crippen molar-refractivity contribution in [2.45, 2.75) is 13.0 Å². The molecule has 0 aliphatic heterocycles. The van der Waals surface area contributed by atoms with E-state index in [1.165, 1.54) is 6.07 Å². The van der Waals surface area contributed by atoms with Gasteiger partial charge in [0.2, 0.25) is 0 Å². The summed E-state index contributed by atoms with van der Waals surface area (Å²) in [4.78, 5) is 0. The third kappa shape index (κ3) is 3.11. The minimum absolute atomic E-state index is 0.142. The van der Waals surface area contributed by atoms with E-state index in [0.717, 1.165) is 0 Å². The van der Waals surface area contributed by atoms with Crippen LogP contribution in [-0.4, -0.2) is 7.11 Å². The van der Waals surface area contributed by atoms with Gasteiger partial charge in [0.05, 0.1) is 12.7 Å². The number of nitrogens with two attached hydrogens (primary N) is 1. The van der Waals surface area contributed by atoms with Crippen LogP contribution in [0.1, 0.15) is 18.5 Å². The third-order valence-corrected chi connectivity index (χ3v) is 3.31. The summed E-state index contributed by atoms with van der Waals surface area (Å²) in [6.45, 7) is 1.82. The van der Waals surface area contributed by atoms with Crippen molar-refractivity contribution in [3.05, 3.63) is 52.3 Å². The molecule has 0 aromatic heterocycles. The van der Waals surface area contributed by atoms with E-state index >= 15 is 0 Å². The maximum Gasteiger partial charge on any atom is 0.166 e. The summed E-state index contributed by atoms with van der Waals surface area (Å²) in [6.07, 6.45) is 0. The number of methoxy groups -OCH3 is 1. The number of benzene rings is 2. The lowest BCUT2D eigenvalue weighted by atomic mass is 10.1. The molecule has 2 aromatic carbocycles. The molecule has 0 amide bonds.